The topological polar surface area (TPSA) is 95.1 Å². The SMILES string of the molecule is Cn1nc(-c2ccc([N+](=O)[O-])cc2)cc(CC(=O)Cl)c1=O. The molecule has 0 saturated heterocycles. The molecule has 0 aliphatic rings. The van der Waals surface area contributed by atoms with Crippen LogP contribution in [0.4, 0.5) is 5.69 Å². The zero-order chi connectivity index (χ0) is 15.6. The number of halogens is 1. The molecule has 0 unspecified atom stereocenters. The van der Waals surface area contributed by atoms with Gasteiger partial charge in [-0.2, -0.15) is 5.10 Å². The fourth-order valence-corrected chi connectivity index (χ4v) is 1.99. The quantitative estimate of drug-likeness (QED) is 0.486. The summed E-state index contributed by atoms with van der Waals surface area (Å²) in [7, 11) is 1.46. The van der Waals surface area contributed by atoms with Gasteiger partial charge in [-0.1, -0.05) is 0 Å². The normalized spacial score (nSPS) is 10.4. The Kier molecular flexibility index (Phi) is 4.13. The van der Waals surface area contributed by atoms with E-state index in [0.717, 1.165) is 4.68 Å². The number of nitrogens with zero attached hydrogens (tertiary/aromatic N) is 3. The zero-order valence-corrected chi connectivity index (χ0v) is 11.7. The lowest BCUT2D eigenvalue weighted by atomic mass is 10.1. The predicted octanol–water partition coefficient (Wildman–Crippen LogP) is 1.66. The number of aryl methyl sites for hydroxylation is 1. The number of carbonyl (C=O) groups is 1. The molecule has 0 amide bonds. The lowest BCUT2D eigenvalue weighted by Gasteiger charge is -2.06. The highest BCUT2D eigenvalue weighted by Gasteiger charge is 2.12. The second-order valence-electron chi connectivity index (χ2n) is 4.32. The first-order valence-corrected chi connectivity index (χ1v) is 6.26. The monoisotopic (exact) mass is 307 g/mol. The van der Waals surface area contributed by atoms with E-state index in [4.69, 9.17) is 11.6 Å². The van der Waals surface area contributed by atoms with Crippen LogP contribution in [0, 0.1) is 10.1 Å². The molecule has 108 valence electrons. The van der Waals surface area contributed by atoms with Gasteiger partial charge in [0.25, 0.3) is 11.2 Å². The molecule has 21 heavy (non-hydrogen) atoms. The summed E-state index contributed by atoms with van der Waals surface area (Å²) in [5.41, 5.74) is 0.801. The van der Waals surface area contributed by atoms with Crippen molar-refractivity contribution in [1.29, 1.82) is 0 Å². The second-order valence-corrected chi connectivity index (χ2v) is 4.74. The smallest absolute Gasteiger partial charge is 0.270 e. The highest BCUT2D eigenvalue weighted by Crippen LogP contribution is 2.20. The van der Waals surface area contributed by atoms with Crippen LogP contribution in [-0.2, 0) is 18.3 Å². The number of non-ortho nitro benzene ring substituents is 1. The van der Waals surface area contributed by atoms with Crippen molar-refractivity contribution in [2.24, 2.45) is 7.05 Å². The van der Waals surface area contributed by atoms with Crippen molar-refractivity contribution in [1.82, 2.24) is 9.78 Å². The number of benzene rings is 1. The molecule has 0 fully saturated rings. The van der Waals surface area contributed by atoms with Crippen LogP contribution in [0.25, 0.3) is 11.3 Å². The molecule has 2 rings (SSSR count). The number of hydrogen-bond donors (Lipinski definition) is 0. The summed E-state index contributed by atoms with van der Waals surface area (Å²) in [5, 5.41) is 14.0. The Balaban J connectivity index is 2.48. The maximum absolute atomic E-state index is 11.8. The van der Waals surface area contributed by atoms with Crippen molar-refractivity contribution in [3.05, 3.63) is 56.4 Å². The molecule has 7 nitrogen and oxygen atoms in total. The van der Waals surface area contributed by atoms with Crippen molar-refractivity contribution in [3.8, 4) is 11.3 Å². The molecule has 1 aromatic heterocycles. The zero-order valence-electron chi connectivity index (χ0n) is 10.9. The van der Waals surface area contributed by atoms with Gasteiger partial charge in [0.1, 0.15) is 0 Å². The molecule has 0 bridgehead atoms. The van der Waals surface area contributed by atoms with Crippen LogP contribution < -0.4 is 5.56 Å². The van der Waals surface area contributed by atoms with Gasteiger partial charge in [-0.3, -0.25) is 19.7 Å². The summed E-state index contributed by atoms with van der Waals surface area (Å²) in [6, 6.07) is 7.20. The molecule has 8 heteroatoms. The van der Waals surface area contributed by atoms with Crippen LogP contribution in [0.2, 0.25) is 0 Å². The van der Waals surface area contributed by atoms with Gasteiger partial charge in [-0.15, -0.1) is 0 Å². The number of nitro benzene ring substituents is 1. The van der Waals surface area contributed by atoms with Crippen LogP contribution in [-0.4, -0.2) is 19.9 Å². The highest BCUT2D eigenvalue weighted by atomic mass is 35.5. The molecule has 0 atom stereocenters. The van der Waals surface area contributed by atoms with Gasteiger partial charge >= 0.3 is 0 Å². The van der Waals surface area contributed by atoms with Crippen LogP contribution in [0.1, 0.15) is 5.56 Å². The van der Waals surface area contributed by atoms with E-state index in [9.17, 15) is 19.7 Å². The van der Waals surface area contributed by atoms with Crippen molar-refractivity contribution in [2.45, 2.75) is 6.42 Å². The van der Waals surface area contributed by atoms with Gasteiger partial charge in [0, 0.05) is 30.3 Å². The van der Waals surface area contributed by atoms with Gasteiger partial charge in [0.15, 0.2) is 0 Å². The Morgan fingerprint density at radius 3 is 2.52 bits per heavy atom. The summed E-state index contributed by atoms with van der Waals surface area (Å²) in [6.07, 6.45) is -0.198. The van der Waals surface area contributed by atoms with E-state index in [2.05, 4.69) is 5.10 Å². The van der Waals surface area contributed by atoms with Crippen molar-refractivity contribution in [2.75, 3.05) is 0 Å². The van der Waals surface area contributed by atoms with E-state index in [1.54, 1.807) is 0 Å². The Morgan fingerprint density at radius 1 is 1.38 bits per heavy atom. The second kappa shape index (κ2) is 5.84. The molecule has 0 aliphatic heterocycles. The number of hydrogen-bond acceptors (Lipinski definition) is 5. The van der Waals surface area contributed by atoms with E-state index in [0.29, 0.717) is 11.3 Å². The molecule has 0 spiro atoms. The van der Waals surface area contributed by atoms with Crippen molar-refractivity contribution < 1.29 is 9.72 Å². The fourth-order valence-electron chi connectivity index (χ4n) is 1.84. The molecule has 0 aliphatic carbocycles. The maximum Gasteiger partial charge on any atom is 0.270 e. The average molecular weight is 308 g/mol. The van der Waals surface area contributed by atoms with Crippen LogP contribution in [0.3, 0.4) is 0 Å². The fraction of sp³-hybridized carbons (Fsp3) is 0.154. The number of carbonyl (C=O) groups excluding carboxylic acids is 1. The average Bonchev–Trinajstić information content (AvgIpc) is 2.43. The molecule has 0 radical (unpaired) electrons. The first-order valence-electron chi connectivity index (χ1n) is 5.89. The molecule has 0 N–H and O–H groups in total. The standard InChI is InChI=1S/C13H10ClN3O4/c1-16-13(19)9(7-12(14)18)6-11(15-16)8-2-4-10(5-3-8)17(20)21/h2-6H,7H2,1H3. The van der Waals surface area contributed by atoms with Crippen LogP contribution >= 0.6 is 11.6 Å². The first kappa shape index (κ1) is 14.9. The minimum Gasteiger partial charge on any atom is -0.281 e. The van der Waals surface area contributed by atoms with Gasteiger partial charge in [-0.25, -0.2) is 4.68 Å². The highest BCUT2D eigenvalue weighted by molar-refractivity contribution is 6.63. The molecule has 0 saturated carbocycles. The Hall–Kier alpha value is -2.54. The first-order chi connectivity index (χ1) is 9.88. The van der Waals surface area contributed by atoms with Gasteiger partial charge < -0.3 is 0 Å². The summed E-state index contributed by atoms with van der Waals surface area (Å²) < 4.78 is 1.10. The largest absolute Gasteiger partial charge is 0.281 e. The predicted molar refractivity (Wildman–Crippen MR) is 76.1 cm³/mol. The third kappa shape index (κ3) is 3.32. The summed E-state index contributed by atoms with van der Waals surface area (Å²) in [5.74, 6) is 0. The number of nitro groups is 1. The maximum atomic E-state index is 11.8. The molecular weight excluding hydrogens is 298 g/mol. The number of aromatic nitrogens is 2. The van der Waals surface area contributed by atoms with Crippen molar-refractivity contribution >= 4 is 22.5 Å². The lowest BCUT2D eigenvalue weighted by molar-refractivity contribution is -0.384. The Morgan fingerprint density at radius 2 is 2.00 bits per heavy atom. The molecule has 2 aromatic rings. The van der Waals surface area contributed by atoms with E-state index in [1.807, 2.05) is 0 Å². The molecule has 1 heterocycles. The number of rotatable bonds is 4. The van der Waals surface area contributed by atoms with Gasteiger partial charge in [0.2, 0.25) is 5.24 Å². The molecule has 1 aromatic carbocycles. The Bertz CT molecular complexity index is 768. The minimum absolute atomic E-state index is 0.0419. The third-order valence-electron chi connectivity index (χ3n) is 2.84. The third-order valence-corrected chi connectivity index (χ3v) is 2.97. The van der Waals surface area contributed by atoms with E-state index < -0.39 is 15.7 Å². The van der Waals surface area contributed by atoms with Gasteiger partial charge in [-0.05, 0) is 29.8 Å². The van der Waals surface area contributed by atoms with Crippen LogP contribution in [0.15, 0.2) is 35.1 Å². The molecular formula is C13H10ClN3O4. The van der Waals surface area contributed by atoms with Crippen molar-refractivity contribution in [3.63, 3.8) is 0 Å². The lowest BCUT2D eigenvalue weighted by Crippen LogP contribution is -2.24. The minimum atomic E-state index is -0.645. The summed E-state index contributed by atoms with van der Waals surface area (Å²) in [4.78, 5) is 32.9. The van der Waals surface area contributed by atoms with Gasteiger partial charge in [0.05, 0.1) is 17.0 Å². The van der Waals surface area contributed by atoms with E-state index >= 15 is 0 Å². The van der Waals surface area contributed by atoms with Crippen LogP contribution in [0.5, 0.6) is 0 Å². The van der Waals surface area contributed by atoms with E-state index in [-0.39, 0.29) is 17.7 Å². The van der Waals surface area contributed by atoms with E-state index in [1.165, 1.54) is 37.4 Å². The summed E-state index contributed by atoms with van der Waals surface area (Å²) in [6.45, 7) is 0. The summed E-state index contributed by atoms with van der Waals surface area (Å²) >= 11 is 5.31. The Labute approximate surface area is 123 Å².